The monoisotopic (exact) mass is 200 g/mol. The van der Waals surface area contributed by atoms with Crippen LogP contribution in [0.3, 0.4) is 0 Å². The number of nitrogens with zero attached hydrogens (tertiary/aromatic N) is 2. The highest BCUT2D eigenvalue weighted by Gasteiger charge is 2.35. The third kappa shape index (κ3) is 1.30. The van der Waals surface area contributed by atoms with Gasteiger partial charge in [0, 0.05) is 7.05 Å². The van der Waals surface area contributed by atoms with Gasteiger partial charge in [-0.1, -0.05) is 18.2 Å². The molecule has 1 aromatic carbocycles. The number of nitriles is 1. The zero-order chi connectivity index (χ0) is 11.0. The van der Waals surface area contributed by atoms with Crippen molar-refractivity contribution in [3.8, 4) is 6.07 Å². The van der Waals surface area contributed by atoms with Gasteiger partial charge in [-0.2, -0.15) is 5.26 Å². The predicted molar refractivity (Wildman–Crippen MR) is 57.6 cm³/mol. The van der Waals surface area contributed by atoms with Crippen molar-refractivity contribution in [2.24, 2.45) is 0 Å². The van der Waals surface area contributed by atoms with Crippen molar-refractivity contribution in [3.63, 3.8) is 0 Å². The average Bonchev–Trinajstić information content (AvgIpc) is 2.45. The molecule has 1 amide bonds. The van der Waals surface area contributed by atoms with Gasteiger partial charge in [0.05, 0.1) is 24.1 Å². The third-order valence-corrected chi connectivity index (χ3v) is 2.90. The molecule has 0 aliphatic carbocycles. The number of benzene rings is 1. The lowest BCUT2D eigenvalue weighted by molar-refractivity contribution is -0.118. The highest BCUT2D eigenvalue weighted by atomic mass is 16.2. The average molecular weight is 200 g/mol. The van der Waals surface area contributed by atoms with Gasteiger partial charge in [-0.05, 0) is 18.1 Å². The van der Waals surface area contributed by atoms with E-state index < -0.39 is 0 Å². The van der Waals surface area contributed by atoms with E-state index in [4.69, 9.17) is 5.26 Å². The summed E-state index contributed by atoms with van der Waals surface area (Å²) in [6, 6.07) is 7.93. The Morgan fingerprint density at radius 2 is 2.27 bits per heavy atom. The number of para-hydroxylation sites is 1. The quantitative estimate of drug-likeness (QED) is 0.695. The van der Waals surface area contributed by atoms with Gasteiger partial charge in [0.1, 0.15) is 0 Å². The van der Waals surface area contributed by atoms with Gasteiger partial charge in [0.2, 0.25) is 5.91 Å². The highest BCUT2D eigenvalue weighted by Crippen LogP contribution is 2.39. The van der Waals surface area contributed by atoms with Crippen LogP contribution in [0.1, 0.15) is 23.5 Å². The molecular formula is C12H12N2O. The number of amides is 1. The van der Waals surface area contributed by atoms with E-state index in [1.54, 1.807) is 11.9 Å². The molecule has 0 spiro atoms. The van der Waals surface area contributed by atoms with E-state index >= 15 is 0 Å². The lowest BCUT2D eigenvalue weighted by Crippen LogP contribution is -2.24. The van der Waals surface area contributed by atoms with E-state index in [0.29, 0.717) is 0 Å². The SMILES string of the molecule is Cc1cccc2c1N(C)C(=O)C2CC#N. The number of carbonyl (C=O) groups is 1. The fourth-order valence-electron chi connectivity index (χ4n) is 2.19. The Hall–Kier alpha value is -1.82. The van der Waals surface area contributed by atoms with Crippen LogP contribution >= 0.6 is 0 Å². The number of aryl methyl sites for hydroxylation is 1. The number of hydrogen-bond acceptors (Lipinski definition) is 2. The van der Waals surface area contributed by atoms with Crippen molar-refractivity contribution in [2.45, 2.75) is 19.3 Å². The third-order valence-electron chi connectivity index (χ3n) is 2.90. The zero-order valence-corrected chi connectivity index (χ0v) is 8.82. The molecule has 15 heavy (non-hydrogen) atoms. The summed E-state index contributed by atoms with van der Waals surface area (Å²) >= 11 is 0. The van der Waals surface area contributed by atoms with Crippen molar-refractivity contribution in [1.82, 2.24) is 0 Å². The molecule has 3 nitrogen and oxygen atoms in total. The zero-order valence-electron chi connectivity index (χ0n) is 8.82. The molecule has 0 saturated carbocycles. The van der Waals surface area contributed by atoms with Crippen molar-refractivity contribution in [1.29, 1.82) is 5.26 Å². The molecule has 1 heterocycles. The Kier molecular flexibility index (Phi) is 2.20. The Morgan fingerprint density at radius 1 is 1.53 bits per heavy atom. The lowest BCUT2D eigenvalue weighted by Gasteiger charge is -2.12. The first-order valence-electron chi connectivity index (χ1n) is 4.91. The van der Waals surface area contributed by atoms with Gasteiger partial charge >= 0.3 is 0 Å². The molecular weight excluding hydrogens is 188 g/mol. The van der Waals surface area contributed by atoms with E-state index in [-0.39, 0.29) is 18.2 Å². The van der Waals surface area contributed by atoms with Crippen molar-refractivity contribution in [3.05, 3.63) is 29.3 Å². The number of fused-ring (bicyclic) bond motifs is 1. The van der Waals surface area contributed by atoms with Crippen LogP contribution in [0.15, 0.2) is 18.2 Å². The minimum Gasteiger partial charge on any atom is -0.314 e. The van der Waals surface area contributed by atoms with Crippen LogP contribution in [0, 0.1) is 18.3 Å². The molecule has 1 aliphatic heterocycles. The molecule has 3 heteroatoms. The Bertz CT molecular complexity index is 459. The van der Waals surface area contributed by atoms with Gasteiger partial charge in [-0.25, -0.2) is 0 Å². The first-order valence-corrected chi connectivity index (χ1v) is 4.91. The minimum absolute atomic E-state index is 0.0286. The maximum absolute atomic E-state index is 11.9. The van der Waals surface area contributed by atoms with Crippen LogP contribution in [0.5, 0.6) is 0 Å². The van der Waals surface area contributed by atoms with Gasteiger partial charge in [0.15, 0.2) is 0 Å². The smallest absolute Gasteiger partial charge is 0.235 e. The van der Waals surface area contributed by atoms with Gasteiger partial charge in [-0.15, -0.1) is 0 Å². The minimum atomic E-state index is -0.269. The maximum Gasteiger partial charge on any atom is 0.235 e. The highest BCUT2D eigenvalue weighted by molar-refractivity contribution is 6.05. The van der Waals surface area contributed by atoms with E-state index in [9.17, 15) is 4.79 Å². The number of likely N-dealkylation sites (N-methyl/N-ethyl adjacent to an activating group) is 1. The van der Waals surface area contributed by atoms with Crippen LogP contribution in [-0.2, 0) is 4.79 Å². The summed E-state index contributed by atoms with van der Waals surface area (Å²) in [5.74, 6) is -0.240. The second kappa shape index (κ2) is 3.39. The molecule has 2 rings (SSSR count). The molecule has 0 saturated heterocycles. The summed E-state index contributed by atoms with van der Waals surface area (Å²) in [6.07, 6.45) is 0.264. The standard InChI is InChI=1S/C12H12N2O/c1-8-4-3-5-9-10(6-7-13)12(15)14(2)11(8)9/h3-5,10H,6H2,1-2H3. The summed E-state index contributed by atoms with van der Waals surface area (Å²) in [7, 11) is 1.77. The number of carbonyl (C=O) groups excluding carboxylic acids is 1. The molecule has 1 aromatic rings. The summed E-state index contributed by atoms with van der Waals surface area (Å²) in [4.78, 5) is 13.5. The Morgan fingerprint density at radius 3 is 2.93 bits per heavy atom. The molecule has 76 valence electrons. The molecule has 0 radical (unpaired) electrons. The normalized spacial score (nSPS) is 18.9. The van der Waals surface area contributed by atoms with Gasteiger partial charge < -0.3 is 4.90 Å². The number of anilines is 1. The second-order valence-corrected chi connectivity index (χ2v) is 3.82. The van der Waals surface area contributed by atoms with E-state index in [0.717, 1.165) is 16.8 Å². The van der Waals surface area contributed by atoms with E-state index in [1.165, 1.54) is 0 Å². The summed E-state index contributed by atoms with van der Waals surface area (Å²) < 4.78 is 0. The largest absolute Gasteiger partial charge is 0.314 e. The van der Waals surface area contributed by atoms with Gasteiger partial charge in [0.25, 0.3) is 0 Å². The van der Waals surface area contributed by atoms with E-state index in [1.807, 2.05) is 25.1 Å². The van der Waals surface area contributed by atoms with Crippen LogP contribution in [-0.4, -0.2) is 13.0 Å². The second-order valence-electron chi connectivity index (χ2n) is 3.82. The predicted octanol–water partition coefficient (Wildman–Crippen LogP) is 1.97. The molecule has 0 aromatic heterocycles. The molecule has 0 fully saturated rings. The molecule has 0 N–H and O–H groups in total. The van der Waals surface area contributed by atoms with Crippen molar-refractivity contribution < 1.29 is 4.79 Å². The van der Waals surface area contributed by atoms with Crippen molar-refractivity contribution in [2.75, 3.05) is 11.9 Å². The van der Waals surface area contributed by atoms with Crippen LogP contribution in [0.25, 0.3) is 0 Å². The lowest BCUT2D eigenvalue weighted by atomic mass is 9.96. The van der Waals surface area contributed by atoms with Crippen LogP contribution < -0.4 is 4.90 Å². The van der Waals surface area contributed by atoms with Crippen molar-refractivity contribution >= 4 is 11.6 Å². The summed E-state index contributed by atoms with van der Waals surface area (Å²) in [5.41, 5.74) is 3.05. The topological polar surface area (TPSA) is 44.1 Å². The number of rotatable bonds is 1. The fraction of sp³-hybridized carbons (Fsp3) is 0.333. The Balaban J connectivity index is 2.56. The van der Waals surface area contributed by atoms with Crippen LogP contribution in [0.4, 0.5) is 5.69 Å². The molecule has 1 atom stereocenters. The van der Waals surface area contributed by atoms with E-state index in [2.05, 4.69) is 6.07 Å². The first-order chi connectivity index (χ1) is 7.16. The Labute approximate surface area is 88.9 Å². The number of hydrogen-bond donors (Lipinski definition) is 0. The summed E-state index contributed by atoms with van der Waals surface area (Å²) in [5, 5.41) is 8.70. The molecule has 1 aliphatic rings. The summed E-state index contributed by atoms with van der Waals surface area (Å²) in [6.45, 7) is 1.98. The van der Waals surface area contributed by atoms with Crippen LogP contribution in [0.2, 0.25) is 0 Å². The van der Waals surface area contributed by atoms with Gasteiger partial charge in [-0.3, -0.25) is 4.79 Å². The fourth-order valence-corrected chi connectivity index (χ4v) is 2.19. The maximum atomic E-state index is 11.9. The first kappa shape index (κ1) is 9.72. The molecule has 1 unspecified atom stereocenters. The molecule has 0 bridgehead atoms.